The van der Waals surface area contributed by atoms with Crippen LogP contribution in [0.15, 0.2) is 4.52 Å². The Hall–Kier alpha value is -0.940. The summed E-state index contributed by atoms with van der Waals surface area (Å²) < 4.78 is 11.1. The molecule has 1 unspecified atom stereocenters. The minimum atomic E-state index is -0.0713. The summed E-state index contributed by atoms with van der Waals surface area (Å²) >= 11 is 0. The second-order valence-electron chi connectivity index (χ2n) is 6.24. The fraction of sp³-hybridized carbons (Fsp3) is 0.846. The third-order valence-corrected chi connectivity index (χ3v) is 3.69. The number of ether oxygens (including phenoxy) is 1. The van der Waals surface area contributed by atoms with Gasteiger partial charge in [-0.05, 0) is 33.6 Å². The second kappa shape index (κ2) is 4.31. The van der Waals surface area contributed by atoms with Crippen molar-refractivity contribution in [3.63, 3.8) is 0 Å². The molecule has 1 saturated carbocycles. The molecule has 1 saturated heterocycles. The van der Waals surface area contributed by atoms with Crippen LogP contribution in [0.4, 0.5) is 0 Å². The SMILES string of the molecule is CC(C)(C)N1CCOC(c2nc(C3CC3)no2)C1. The van der Waals surface area contributed by atoms with Gasteiger partial charge in [-0.3, -0.25) is 4.90 Å². The first-order chi connectivity index (χ1) is 8.54. The Morgan fingerprint density at radius 2 is 2.06 bits per heavy atom. The molecule has 0 aromatic carbocycles. The van der Waals surface area contributed by atoms with Gasteiger partial charge >= 0.3 is 0 Å². The van der Waals surface area contributed by atoms with E-state index in [4.69, 9.17) is 9.26 Å². The first-order valence-corrected chi connectivity index (χ1v) is 6.74. The standard InChI is InChI=1S/C13H21N3O2/c1-13(2,3)16-6-7-17-10(8-16)12-14-11(15-18-12)9-4-5-9/h9-10H,4-8H2,1-3H3. The Kier molecular flexibility index (Phi) is 2.90. The van der Waals surface area contributed by atoms with Gasteiger partial charge in [0.1, 0.15) is 6.10 Å². The lowest BCUT2D eigenvalue weighted by Gasteiger charge is -2.40. The molecule has 0 amide bonds. The normalized spacial score (nSPS) is 26.5. The van der Waals surface area contributed by atoms with Crippen LogP contribution >= 0.6 is 0 Å². The highest BCUT2D eigenvalue weighted by Gasteiger charge is 2.34. The van der Waals surface area contributed by atoms with E-state index >= 15 is 0 Å². The molecule has 2 fully saturated rings. The summed E-state index contributed by atoms with van der Waals surface area (Å²) in [7, 11) is 0. The van der Waals surface area contributed by atoms with Crippen molar-refractivity contribution in [1.29, 1.82) is 0 Å². The summed E-state index contributed by atoms with van der Waals surface area (Å²) in [5.74, 6) is 2.04. The van der Waals surface area contributed by atoms with Crippen LogP contribution in [0.25, 0.3) is 0 Å². The van der Waals surface area contributed by atoms with E-state index in [-0.39, 0.29) is 11.6 Å². The van der Waals surface area contributed by atoms with Crippen LogP contribution < -0.4 is 0 Å². The fourth-order valence-corrected chi connectivity index (χ4v) is 2.29. The molecule has 0 radical (unpaired) electrons. The zero-order valence-corrected chi connectivity index (χ0v) is 11.3. The lowest BCUT2D eigenvalue weighted by molar-refractivity contribution is -0.0714. The summed E-state index contributed by atoms with van der Waals surface area (Å²) in [5, 5.41) is 4.06. The molecule has 18 heavy (non-hydrogen) atoms. The molecule has 0 bridgehead atoms. The molecule has 5 nitrogen and oxygen atoms in total. The highest BCUT2D eigenvalue weighted by Crippen LogP contribution is 2.38. The molecule has 1 aliphatic carbocycles. The molecular weight excluding hydrogens is 230 g/mol. The van der Waals surface area contributed by atoms with E-state index in [1.165, 1.54) is 12.8 Å². The van der Waals surface area contributed by atoms with E-state index in [0.717, 1.165) is 25.5 Å². The topological polar surface area (TPSA) is 51.4 Å². The van der Waals surface area contributed by atoms with Crippen molar-refractivity contribution in [2.24, 2.45) is 0 Å². The lowest BCUT2D eigenvalue weighted by Crippen LogP contribution is -2.49. The Labute approximate surface area is 107 Å². The Morgan fingerprint density at radius 1 is 1.28 bits per heavy atom. The molecule has 1 aromatic heterocycles. The van der Waals surface area contributed by atoms with Gasteiger partial charge in [-0.1, -0.05) is 5.16 Å². The summed E-state index contributed by atoms with van der Waals surface area (Å²) in [4.78, 5) is 6.89. The smallest absolute Gasteiger partial charge is 0.257 e. The zero-order chi connectivity index (χ0) is 12.8. The maximum atomic E-state index is 5.76. The zero-order valence-electron chi connectivity index (χ0n) is 11.3. The monoisotopic (exact) mass is 251 g/mol. The number of nitrogens with zero attached hydrogens (tertiary/aromatic N) is 3. The van der Waals surface area contributed by atoms with Crippen LogP contribution in [0.3, 0.4) is 0 Å². The van der Waals surface area contributed by atoms with Gasteiger partial charge in [0.2, 0.25) is 0 Å². The predicted octanol–water partition coefficient (Wildman–Crippen LogP) is 2.12. The van der Waals surface area contributed by atoms with E-state index in [1.807, 2.05) is 0 Å². The van der Waals surface area contributed by atoms with E-state index < -0.39 is 0 Å². The molecule has 100 valence electrons. The fourth-order valence-electron chi connectivity index (χ4n) is 2.29. The number of morpholine rings is 1. The maximum Gasteiger partial charge on any atom is 0.257 e. The number of aromatic nitrogens is 2. The molecule has 1 aromatic rings. The van der Waals surface area contributed by atoms with Gasteiger partial charge in [-0.15, -0.1) is 0 Å². The van der Waals surface area contributed by atoms with Crippen LogP contribution in [0, 0.1) is 0 Å². The van der Waals surface area contributed by atoms with Crippen molar-refractivity contribution in [3.05, 3.63) is 11.7 Å². The predicted molar refractivity (Wildman–Crippen MR) is 66.3 cm³/mol. The summed E-state index contributed by atoms with van der Waals surface area (Å²) in [6.45, 7) is 9.18. The Bertz CT molecular complexity index is 420. The van der Waals surface area contributed by atoms with Crippen LogP contribution in [0.2, 0.25) is 0 Å². The molecule has 2 heterocycles. The van der Waals surface area contributed by atoms with Gasteiger partial charge in [0.25, 0.3) is 5.89 Å². The number of hydrogen-bond acceptors (Lipinski definition) is 5. The summed E-state index contributed by atoms with van der Waals surface area (Å²) in [5.41, 5.74) is 0.154. The molecule has 3 rings (SSSR count). The average molecular weight is 251 g/mol. The average Bonchev–Trinajstić information content (AvgIpc) is 3.06. The lowest BCUT2D eigenvalue weighted by atomic mass is 10.0. The second-order valence-corrected chi connectivity index (χ2v) is 6.24. The maximum absolute atomic E-state index is 5.76. The number of rotatable bonds is 2. The molecule has 0 N–H and O–H groups in total. The van der Waals surface area contributed by atoms with Crippen molar-refractivity contribution in [3.8, 4) is 0 Å². The molecule has 5 heteroatoms. The minimum absolute atomic E-state index is 0.0713. The molecule has 2 aliphatic rings. The van der Waals surface area contributed by atoms with E-state index in [9.17, 15) is 0 Å². The summed E-state index contributed by atoms with van der Waals surface area (Å²) in [6.07, 6.45) is 2.31. The van der Waals surface area contributed by atoms with Gasteiger partial charge in [0.05, 0.1) is 6.61 Å². The molecule has 1 atom stereocenters. The van der Waals surface area contributed by atoms with Crippen LogP contribution in [-0.2, 0) is 4.74 Å². The van der Waals surface area contributed by atoms with E-state index in [1.54, 1.807) is 0 Å². The first kappa shape index (κ1) is 12.1. The van der Waals surface area contributed by atoms with Crippen molar-refractivity contribution < 1.29 is 9.26 Å². The van der Waals surface area contributed by atoms with Gasteiger partial charge in [-0.2, -0.15) is 4.98 Å². The van der Waals surface area contributed by atoms with Crippen molar-refractivity contribution in [2.45, 2.75) is 51.2 Å². The first-order valence-electron chi connectivity index (χ1n) is 6.74. The minimum Gasteiger partial charge on any atom is -0.366 e. The summed E-state index contributed by atoms with van der Waals surface area (Å²) in [6, 6.07) is 0. The quantitative estimate of drug-likeness (QED) is 0.806. The number of hydrogen-bond donors (Lipinski definition) is 0. The van der Waals surface area contributed by atoms with E-state index in [2.05, 4.69) is 35.8 Å². The Balaban J connectivity index is 1.70. The van der Waals surface area contributed by atoms with Gasteiger partial charge in [0, 0.05) is 24.5 Å². The van der Waals surface area contributed by atoms with Crippen LogP contribution in [0.5, 0.6) is 0 Å². The molecule has 1 aliphatic heterocycles. The molecular formula is C13H21N3O2. The van der Waals surface area contributed by atoms with Crippen LogP contribution in [0.1, 0.15) is 57.3 Å². The third-order valence-electron chi connectivity index (χ3n) is 3.69. The highest BCUT2D eigenvalue weighted by molar-refractivity contribution is 5.05. The van der Waals surface area contributed by atoms with Crippen LogP contribution in [-0.4, -0.2) is 40.3 Å². The van der Waals surface area contributed by atoms with Crippen molar-refractivity contribution >= 4 is 0 Å². The Morgan fingerprint density at radius 3 is 2.72 bits per heavy atom. The van der Waals surface area contributed by atoms with Crippen molar-refractivity contribution in [2.75, 3.05) is 19.7 Å². The van der Waals surface area contributed by atoms with E-state index in [0.29, 0.717) is 11.8 Å². The van der Waals surface area contributed by atoms with Gasteiger partial charge in [-0.25, -0.2) is 0 Å². The third kappa shape index (κ3) is 2.42. The highest BCUT2D eigenvalue weighted by atomic mass is 16.5. The van der Waals surface area contributed by atoms with Gasteiger partial charge in [0.15, 0.2) is 5.82 Å². The van der Waals surface area contributed by atoms with Gasteiger partial charge < -0.3 is 9.26 Å². The largest absolute Gasteiger partial charge is 0.366 e. The van der Waals surface area contributed by atoms with Crippen molar-refractivity contribution in [1.82, 2.24) is 15.0 Å². The molecule has 0 spiro atoms.